The zero-order valence-electron chi connectivity index (χ0n) is 12.8. The van der Waals surface area contributed by atoms with E-state index in [1.165, 1.54) is 26.0 Å². The lowest BCUT2D eigenvalue weighted by atomic mass is 9.76. The highest BCUT2D eigenvalue weighted by molar-refractivity contribution is 7.91. The van der Waals surface area contributed by atoms with Gasteiger partial charge in [0.1, 0.15) is 11.6 Å². The average Bonchev–Trinajstić information content (AvgIpc) is 2.51. The summed E-state index contributed by atoms with van der Waals surface area (Å²) in [5, 5.41) is 0. The van der Waals surface area contributed by atoms with Crippen LogP contribution in [0.3, 0.4) is 0 Å². The van der Waals surface area contributed by atoms with Gasteiger partial charge in [-0.25, -0.2) is 8.42 Å². The first-order valence-electron chi connectivity index (χ1n) is 7.29. The molecule has 0 spiro atoms. The van der Waals surface area contributed by atoms with Crippen LogP contribution in [0.5, 0.6) is 0 Å². The Hall–Kier alpha value is -2.27. The van der Waals surface area contributed by atoms with E-state index in [1.54, 1.807) is 36.4 Å². The zero-order chi connectivity index (χ0) is 16.8. The second-order valence-corrected chi connectivity index (χ2v) is 7.64. The minimum absolute atomic E-state index is 0.177. The standard InChI is InChI=1S/C18H16O4S/c1-11(19)17(12(2)20)18-13-7-3-5-9-15(13)23(21,22)16-10-6-4-8-14(16)18/h3-10,17-18H,1-2H3. The van der Waals surface area contributed by atoms with E-state index in [1.807, 2.05) is 0 Å². The highest BCUT2D eigenvalue weighted by atomic mass is 32.2. The molecule has 1 heterocycles. The van der Waals surface area contributed by atoms with Crippen molar-refractivity contribution >= 4 is 21.4 Å². The molecule has 0 bridgehead atoms. The maximum atomic E-state index is 12.8. The fraction of sp³-hybridized carbons (Fsp3) is 0.222. The minimum Gasteiger partial charge on any atom is -0.299 e. The first-order valence-corrected chi connectivity index (χ1v) is 8.78. The molecule has 1 aliphatic rings. The van der Waals surface area contributed by atoms with Crippen LogP contribution in [0.15, 0.2) is 58.3 Å². The molecule has 0 fully saturated rings. The highest BCUT2D eigenvalue weighted by Gasteiger charge is 2.41. The number of fused-ring (bicyclic) bond motifs is 2. The largest absolute Gasteiger partial charge is 0.299 e. The van der Waals surface area contributed by atoms with Gasteiger partial charge in [0.15, 0.2) is 0 Å². The van der Waals surface area contributed by atoms with Crippen LogP contribution in [0.2, 0.25) is 0 Å². The lowest BCUT2D eigenvalue weighted by molar-refractivity contribution is -0.130. The molecule has 3 rings (SSSR count). The van der Waals surface area contributed by atoms with E-state index in [9.17, 15) is 18.0 Å². The number of carbonyl (C=O) groups excluding carboxylic acids is 2. The van der Waals surface area contributed by atoms with Crippen LogP contribution < -0.4 is 0 Å². The summed E-state index contributed by atoms with van der Waals surface area (Å²) < 4.78 is 25.7. The zero-order valence-corrected chi connectivity index (χ0v) is 13.6. The van der Waals surface area contributed by atoms with E-state index in [-0.39, 0.29) is 21.4 Å². The van der Waals surface area contributed by atoms with Crippen molar-refractivity contribution in [1.82, 2.24) is 0 Å². The Labute approximate surface area is 135 Å². The molecule has 0 radical (unpaired) electrons. The number of sulfone groups is 1. The van der Waals surface area contributed by atoms with Crippen molar-refractivity contribution in [3.8, 4) is 0 Å². The summed E-state index contributed by atoms with van der Waals surface area (Å²) in [6.45, 7) is 2.75. The molecular weight excluding hydrogens is 312 g/mol. The summed E-state index contributed by atoms with van der Waals surface area (Å²) in [4.78, 5) is 24.5. The van der Waals surface area contributed by atoms with Crippen LogP contribution in [-0.4, -0.2) is 20.0 Å². The van der Waals surface area contributed by atoms with Gasteiger partial charge in [-0.1, -0.05) is 36.4 Å². The number of Topliss-reactive ketones (excluding diaryl/α,β-unsaturated/α-hetero) is 2. The Balaban J connectivity index is 2.39. The van der Waals surface area contributed by atoms with Crippen molar-refractivity contribution in [2.24, 2.45) is 5.92 Å². The topological polar surface area (TPSA) is 68.3 Å². The normalized spacial score (nSPS) is 15.8. The smallest absolute Gasteiger partial charge is 0.207 e. The number of carbonyl (C=O) groups is 2. The summed E-state index contributed by atoms with van der Waals surface area (Å²) in [6.07, 6.45) is 0. The van der Waals surface area contributed by atoms with Gasteiger partial charge >= 0.3 is 0 Å². The molecule has 0 saturated heterocycles. The Bertz CT molecular complexity index is 845. The van der Waals surface area contributed by atoms with Gasteiger partial charge in [0.2, 0.25) is 9.84 Å². The van der Waals surface area contributed by atoms with E-state index in [4.69, 9.17) is 0 Å². The fourth-order valence-electron chi connectivity index (χ4n) is 3.37. The van der Waals surface area contributed by atoms with E-state index in [2.05, 4.69) is 0 Å². The lowest BCUT2D eigenvalue weighted by Gasteiger charge is -2.31. The van der Waals surface area contributed by atoms with E-state index in [0.29, 0.717) is 11.1 Å². The van der Waals surface area contributed by atoms with Crippen LogP contribution in [-0.2, 0) is 19.4 Å². The van der Waals surface area contributed by atoms with Gasteiger partial charge in [0.25, 0.3) is 0 Å². The summed E-state index contributed by atoms with van der Waals surface area (Å²) in [5.74, 6) is -1.97. The predicted molar refractivity (Wildman–Crippen MR) is 85.0 cm³/mol. The molecule has 118 valence electrons. The van der Waals surface area contributed by atoms with E-state index in [0.717, 1.165) is 0 Å². The van der Waals surface area contributed by atoms with Crippen molar-refractivity contribution in [3.63, 3.8) is 0 Å². The third-order valence-corrected chi connectivity index (χ3v) is 6.20. The van der Waals surface area contributed by atoms with Crippen LogP contribution in [0.4, 0.5) is 0 Å². The van der Waals surface area contributed by atoms with Gasteiger partial charge in [-0.15, -0.1) is 0 Å². The number of rotatable bonds is 3. The monoisotopic (exact) mass is 328 g/mol. The first-order chi connectivity index (χ1) is 10.9. The summed E-state index contributed by atoms with van der Waals surface area (Å²) in [7, 11) is -3.64. The number of hydrogen-bond acceptors (Lipinski definition) is 4. The SMILES string of the molecule is CC(=O)C(C(C)=O)C1c2ccccc2S(=O)(=O)c2ccccc21. The maximum absolute atomic E-state index is 12.8. The molecule has 2 aromatic carbocycles. The second-order valence-electron chi connectivity index (χ2n) is 5.76. The molecule has 0 amide bonds. The van der Waals surface area contributed by atoms with Gasteiger partial charge in [0.05, 0.1) is 15.7 Å². The molecule has 0 unspecified atom stereocenters. The van der Waals surface area contributed by atoms with Crippen LogP contribution in [0, 0.1) is 5.92 Å². The van der Waals surface area contributed by atoms with Crippen molar-refractivity contribution in [3.05, 3.63) is 59.7 Å². The Morgan fingerprint density at radius 2 is 1.22 bits per heavy atom. The molecule has 23 heavy (non-hydrogen) atoms. The molecule has 5 heteroatoms. The molecule has 4 nitrogen and oxygen atoms in total. The molecule has 0 atom stereocenters. The van der Waals surface area contributed by atoms with Crippen LogP contribution in [0.25, 0.3) is 0 Å². The molecule has 0 saturated carbocycles. The fourth-order valence-corrected chi connectivity index (χ4v) is 5.13. The number of benzene rings is 2. The summed E-state index contributed by atoms with van der Waals surface area (Å²) in [5.41, 5.74) is 1.03. The van der Waals surface area contributed by atoms with Gasteiger partial charge < -0.3 is 0 Å². The summed E-state index contributed by atoms with van der Waals surface area (Å²) in [6, 6.07) is 13.2. The predicted octanol–water partition coefficient (Wildman–Crippen LogP) is 2.76. The summed E-state index contributed by atoms with van der Waals surface area (Å²) >= 11 is 0. The molecule has 0 aliphatic carbocycles. The molecular formula is C18H16O4S. The maximum Gasteiger partial charge on any atom is 0.207 e. The van der Waals surface area contributed by atoms with E-state index >= 15 is 0 Å². The van der Waals surface area contributed by atoms with Crippen molar-refractivity contribution in [2.75, 3.05) is 0 Å². The Morgan fingerprint density at radius 1 is 0.826 bits per heavy atom. The third-order valence-electron chi connectivity index (χ3n) is 4.30. The Morgan fingerprint density at radius 3 is 1.61 bits per heavy atom. The second kappa shape index (κ2) is 5.42. The van der Waals surface area contributed by atoms with Gasteiger partial charge in [0, 0.05) is 5.92 Å². The van der Waals surface area contributed by atoms with Crippen molar-refractivity contribution in [1.29, 1.82) is 0 Å². The van der Waals surface area contributed by atoms with Crippen molar-refractivity contribution in [2.45, 2.75) is 29.6 Å². The van der Waals surface area contributed by atoms with Crippen molar-refractivity contribution < 1.29 is 18.0 Å². The molecule has 1 aliphatic heterocycles. The highest BCUT2D eigenvalue weighted by Crippen LogP contribution is 2.45. The first kappa shape index (κ1) is 15.6. The molecule has 0 aromatic heterocycles. The van der Waals surface area contributed by atoms with Gasteiger partial charge in [-0.05, 0) is 37.1 Å². The van der Waals surface area contributed by atoms with Gasteiger partial charge in [-0.2, -0.15) is 0 Å². The number of hydrogen-bond donors (Lipinski definition) is 0. The van der Waals surface area contributed by atoms with Crippen LogP contribution in [0.1, 0.15) is 30.9 Å². The molecule has 2 aromatic rings. The lowest BCUT2D eigenvalue weighted by Crippen LogP contribution is -2.32. The minimum atomic E-state index is -3.64. The van der Waals surface area contributed by atoms with Crippen LogP contribution >= 0.6 is 0 Å². The number of ketones is 2. The molecule has 0 N–H and O–H groups in total. The third kappa shape index (κ3) is 2.32. The van der Waals surface area contributed by atoms with Gasteiger partial charge in [-0.3, -0.25) is 9.59 Å². The quantitative estimate of drug-likeness (QED) is 0.813. The average molecular weight is 328 g/mol. The Kier molecular flexibility index (Phi) is 3.68. The van der Waals surface area contributed by atoms with E-state index < -0.39 is 21.7 Å².